The van der Waals surface area contributed by atoms with E-state index in [1.54, 1.807) is 6.07 Å². The summed E-state index contributed by atoms with van der Waals surface area (Å²) in [7, 11) is 0. The van der Waals surface area contributed by atoms with E-state index >= 15 is 0 Å². The Balaban J connectivity index is 2.00. The number of para-hydroxylation sites is 1. The van der Waals surface area contributed by atoms with E-state index < -0.39 is 0 Å². The van der Waals surface area contributed by atoms with Gasteiger partial charge >= 0.3 is 0 Å². The topological polar surface area (TPSA) is 47.0 Å². The van der Waals surface area contributed by atoms with Crippen molar-refractivity contribution in [2.45, 2.75) is 19.8 Å². The lowest BCUT2D eigenvalue weighted by atomic mass is 10.2. The number of aromatic amines is 1. The van der Waals surface area contributed by atoms with Gasteiger partial charge in [0.05, 0.1) is 23.2 Å². The average molecular weight is 326 g/mol. The normalized spacial score (nSPS) is 10.8. The average Bonchev–Trinajstić information content (AvgIpc) is 2.56. The van der Waals surface area contributed by atoms with Gasteiger partial charge in [0.1, 0.15) is 5.75 Å². The minimum atomic E-state index is -0.121. The van der Waals surface area contributed by atoms with Gasteiger partial charge in [-0.25, -0.2) is 0 Å². The van der Waals surface area contributed by atoms with Crippen LogP contribution in [0.15, 0.2) is 53.3 Å². The highest BCUT2D eigenvalue weighted by atomic mass is 32.1. The zero-order valence-electron chi connectivity index (χ0n) is 12.9. The molecule has 2 aromatic carbocycles. The third-order valence-corrected chi connectivity index (χ3v) is 3.95. The summed E-state index contributed by atoms with van der Waals surface area (Å²) < 4.78 is 7.54. The lowest BCUT2D eigenvalue weighted by molar-refractivity contribution is 0.309. The first kappa shape index (κ1) is 15.5. The van der Waals surface area contributed by atoms with Gasteiger partial charge in [0.2, 0.25) is 0 Å². The fourth-order valence-electron chi connectivity index (χ4n) is 2.42. The van der Waals surface area contributed by atoms with Gasteiger partial charge in [0, 0.05) is 0 Å². The lowest BCUT2D eigenvalue weighted by Crippen LogP contribution is -2.20. The Bertz CT molecular complexity index is 926. The number of hydrogen-bond donors (Lipinski definition) is 1. The molecule has 0 saturated heterocycles. The Hall–Kier alpha value is -2.40. The number of nitrogens with zero attached hydrogens (tertiary/aromatic N) is 1. The highest BCUT2D eigenvalue weighted by Gasteiger charge is 2.07. The van der Waals surface area contributed by atoms with Gasteiger partial charge in [-0.15, -0.1) is 0 Å². The first-order valence-corrected chi connectivity index (χ1v) is 8.09. The third kappa shape index (κ3) is 3.19. The van der Waals surface area contributed by atoms with Crippen LogP contribution in [0.2, 0.25) is 0 Å². The van der Waals surface area contributed by atoms with E-state index in [0.29, 0.717) is 16.8 Å². The first-order valence-electron chi connectivity index (χ1n) is 7.68. The number of nitrogens with one attached hydrogen (secondary N) is 1. The molecule has 3 rings (SSSR count). The monoisotopic (exact) mass is 326 g/mol. The number of ether oxygens (including phenoxy) is 1. The second kappa shape index (κ2) is 6.79. The van der Waals surface area contributed by atoms with Crippen molar-refractivity contribution in [2.75, 3.05) is 6.61 Å². The largest absolute Gasteiger partial charge is 0.494 e. The van der Waals surface area contributed by atoms with Crippen molar-refractivity contribution in [3.63, 3.8) is 0 Å². The number of H-pyrrole nitrogens is 1. The van der Waals surface area contributed by atoms with Gasteiger partial charge in [0.25, 0.3) is 5.56 Å². The van der Waals surface area contributed by atoms with Gasteiger partial charge in [-0.3, -0.25) is 9.36 Å². The van der Waals surface area contributed by atoms with Crippen molar-refractivity contribution in [3.05, 3.63) is 63.7 Å². The molecular formula is C18H18N2O2S. The molecule has 1 aromatic heterocycles. The Morgan fingerprint density at radius 3 is 2.61 bits per heavy atom. The first-order chi connectivity index (χ1) is 11.2. The van der Waals surface area contributed by atoms with Crippen LogP contribution in [0, 0.1) is 4.77 Å². The predicted octanol–water partition coefficient (Wildman–Crippen LogP) is 4.23. The van der Waals surface area contributed by atoms with Crippen molar-refractivity contribution >= 4 is 23.1 Å². The number of benzene rings is 2. The maximum absolute atomic E-state index is 12.7. The molecule has 0 aliphatic carbocycles. The van der Waals surface area contributed by atoms with Crippen LogP contribution in [0.25, 0.3) is 16.6 Å². The summed E-state index contributed by atoms with van der Waals surface area (Å²) in [5.41, 5.74) is 1.35. The highest BCUT2D eigenvalue weighted by Crippen LogP contribution is 2.16. The minimum absolute atomic E-state index is 0.121. The molecule has 23 heavy (non-hydrogen) atoms. The molecule has 3 aromatic rings. The van der Waals surface area contributed by atoms with E-state index in [2.05, 4.69) is 11.9 Å². The van der Waals surface area contributed by atoms with Gasteiger partial charge in [-0.05, 0) is 55.0 Å². The van der Waals surface area contributed by atoms with Gasteiger partial charge < -0.3 is 9.72 Å². The molecule has 0 spiro atoms. The third-order valence-electron chi connectivity index (χ3n) is 3.67. The second-order valence-electron chi connectivity index (χ2n) is 5.31. The number of unbranched alkanes of at least 4 members (excludes halogenated alkanes) is 1. The lowest BCUT2D eigenvalue weighted by Gasteiger charge is -2.10. The molecule has 4 nitrogen and oxygen atoms in total. The molecule has 0 aliphatic heterocycles. The van der Waals surface area contributed by atoms with Crippen LogP contribution >= 0.6 is 12.2 Å². The maximum Gasteiger partial charge on any atom is 0.266 e. The van der Waals surface area contributed by atoms with E-state index in [-0.39, 0.29) is 5.56 Å². The molecule has 0 radical (unpaired) electrons. The summed E-state index contributed by atoms with van der Waals surface area (Å²) in [5, 5.41) is 0.615. The summed E-state index contributed by atoms with van der Waals surface area (Å²) >= 11 is 5.34. The molecule has 0 fully saturated rings. The number of aromatic nitrogens is 2. The summed E-state index contributed by atoms with van der Waals surface area (Å²) in [6.07, 6.45) is 2.12. The van der Waals surface area contributed by atoms with Crippen LogP contribution in [-0.2, 0) is 0 Å². The molecule has 0 unspecified atom stereocenters. The minimum Gasteiger partial charge on any atom is -0.494 e. The maximum atomic E-state index is 12.7. The van der Waals surface area contributed by atoms with Crippen LogP contribution in [0.3, 0.4) is 0 Å². The van der Waals surface area contributed by atoms with E-state index in [9.17, 15) is 4.79 Å². The van der Waals surface area contributed by atoms with Crippen LogP contribution in [-0.4, -0.2) is 16.2 Å². The van der Waals surface area contributed by atoms with Crippen LogP contribution < -0.4 is 10.3 Å². The molecule has 118 valence electrons. The molecule has 1 heterocycles. The van der Waals surface area contributed by atoms with Crippen LogP contribution in [0.1, 0.15) is 19.8 Å². The Labute approximate surface area is 139 Å². The summed E-state index contributed by atoms with van der Waals surface area (Å²) in [6.45, 7) is 2.83. The highest BCUT2D eigenvalue weighted by molar-refractivity contribution is 7.71. The zero-order chi connectivity index (χ0) is 16.2. The van der Waals surface area contributed by atoms with Gasteiger partial charge in [-0.2, -0.15) is 0 Å². The molecule has 0 aliphatic rings. The molecule has 0 bridgehead atoms. The molecule has 0 amide bonds. The molecule has 1 N–H and O–H groups in total. The standard InChI is InChI=1S/C18H18N2O2S/c1-2-3-12-22-14-10-8-13(9-11-14)20-17(21)15-6-4-5-7-16(15)19-18(20)23/h4-11H,2-3,12H2,1H3,(H,19,23). The van der Waals surface area contributed by atoms with Crippen molar-refractivity contribution in [3.8, 4) is 11.4 Å². The quantitative estimate of drug-likeness (QED) is 0.564. The van der Waals surface area contributed by atoms with E-state index in [1.165, 1.54) is 4.57 Å². The number of rotatable bonds is 5. The predicted molar refractivity (Wildman–Crippen MR) is 95.1 cm³/mol. The van der Waals surface area contributed by atoms with Crippen molar-refractivity contribution in [1.29, 1.82) is 0 Å². The number of hydrogen-bond acceptors (Lipinski definition) is 3. The Kier molecular flexibility index (Phi) is 4.57. The Morgan fingerprint density at radius 1 is 1.13 bits per heavy atom. The molecular weight excluding hydrogens is 308 g/mol. The zero-order valence-corrected chi connectivity index (χ0v) is 13.7. The van der Waals surface area contributed by atoms with E-state index in [4.69, 9.17) is 17.0 Å². The number of fused-ring (bicyclic) bond motifs is 1. The molecule has 0 atom stereocenters. The van der Waals surface area contributed by atoms with Crippen molar-refractivity contribution < 1.29 is 4.74 Å². The van der Waals surface area contributed by atoms with E-state index in [1.807, 2.05) is 42.5 Å². The van der Waals surface area contributed by atoms with Gasteiger partial charge in [0.15, 0.2) is 4.77 Å². The molecule has 0 saturated carbocycles. The van der Waals surface area contributed by atoms with Crippen molar-refractivity contribution in [1.82, 2.24) is 9.55 Å². The summed E-state index contributed by atoms with van der Waals surface area (Å²) in [5.74, 6) is 0.797. The van der Waals surface area contributed by atoms with Crippen LogP contribution in [0.5, 0.6) is 5.75 Å². The fourth-order valence-corrected chi connectivity index (χ4v) is 2.72. The fraction of sp³-hybridized carbons (Fsp3) is 0.222. The Morgan fingerprint density at radius 2 is 1.87 bits per heavy atom. The summed E-state index contributed by atoms with van der Waals surface area (Å²) in [6, 6.07) is 14.8. The van der Waals surface area contributed by atoms with Gasteiger partial charge in [-0.1, -0.05) is 25.5 Å². The SMILES string of the molecule is CCCCOc1ccc(-n2c(=S)[nH]c3ccccc3c2=O)cc1. The smallest absolute Gasteiger partial charge is 0.266 e. The van der Waals surface area contributed by atoms with E-state index in [0.717, 1.165) is 29.8 Å². The summed E-state index contributed by atoms with van der Waals surface area (Å²) in [4.78, 5) is 15.8. The van der Waals surface area contributed by atoms with Crippen LogP contribution in [0.4, 0.5) is 0 Å². The van der Waals surface area contributed by atoms with Crippen molar-refractivity contribution in [2.24, 2.45) is 0 Å². The second-order valence-corrected chi connectivity index (χ2v) is 5.70. The molecule has 5 heteroatoms.